The number of hydrogen-bond acceptors (Lipinski definition) is 4. The van der Waals surface area contributed by atoms with Gasteiger partial charge in [-0.3, -0.25) is 9.89 Å². The van der Waals surface area contributed by atoms with Crippen molar-refractivity contribution in [3.05, 3.63) is 64.8 Å². The lowest BCUT2D eigenvalue weighted by atomic mass is 9.95. The van der Waals surface area contributed by atoms with Crippen LogP contribution in [0.25, 0.3) is 11.3 Å². The van der Waals surface area contributed by atoms with Crippen molar-refractivity contribution in [2.45, 2.75) is 53.0 Å². The number of aromatic nitrogens is 2. The molecule has 174 valence electrons. The summed E-state index contributed by atoms with van der Waals surface area (Å²) in [6.07, 6.45) is 3.15. The summed E-state index contributed by atoms with van der Waals surface area (Å²) in [7, 11) is 0. The average molecular weight is 448 g/mol. The molecule has 1 aromatic heterocycles. The molecule has 0 bridgehead atoms. The van der Waals surface area contributed by atoms with Crippen molar-refractivity contribution in [3.8, 4) is 22.8 Å². The molecule has 3 aromatic rings. The molecular weight excluding hydrogens is 414 g/mol. The van der Waals surface area contributed by atoms with Crippen LogP contribution in [-0.4, -0.2) is 40.8 Å². The first-order valence-corrected chi connectivity index (χ1v) is 11.9. The largest absolute Gasteiger partial charge is 0.490 e. The molecule has 0 radical (unpaired) electrons. The number of aromatic amines is 1. The maximum absolute atomic E-state index is 13.5. The van der Waals surface area contributed by atoms with Gasteiger partial charge in [0.2, 0.25) is 0 Å². The number of H-pyrrole nitrogens is 1. The molecule has 33 heavy (non-hydrogen) atoms. The highest BCUT2D eigenvalue weighted by atomic mass is 16.5. The first-order valence-electron chi connectivity index (χ1n) is 11.9. The van der Waals surface area contributed by atoms with E-state index in [4.69, 9.17) is 9.47 Å². The Balaban J connectivity index is 1.82. The zero-order valence-electron chi connectivity index (χ0n) is 20.0. The molecule has 0 saturated heterocycles. The highest BCUT2D eigenvalue weighted by Crippen LogP contribution is 2.44. The van der Waals surface area contributed by atoms with Crippen LogP contribution >= 0.6 is 0 Å². The van der Waals surface area contributed by atoms with Crippen molar-refractivity contribution >= 4 is 5.91 Å². The fraction of sp³-hybridized carbons (Fsp3) is 0.407. The maximum Gasteiger partial charge on any atom is 0.273 e. The molecule has 6 heteroatoms. The van der Waals surface area contributed by atoms with E-state index in [9.17, 15) is 4.79 Å². The monoisotopic (exact) mass is 447 g/mol. The second-order valence-electron chi connectivity index (χ2n) is 8.41. The highest BCUT2D eigenvalue weighted by molar-refractivity contribution is 6.00. The second-order valence-corrected chi connectivity index (χ2v) is 8.41. The van der Waals surface area contributed by atoms with Crippen LogP contribution in [0.15, 0.2) is 42.5 Å². The molecule has 2 heterocycles. The summed E-state index contributed by atoms with van der Waals surface area (Å²) < 4.78 is 11.7. The number of ether oxygens (including phenoxy) is 2. The van der Waals surface area contributed by atoms with Gasteiger partial charge in [-0.05, 0) is 44.9 Å². The van der Waals surface area contributed by atoms with Gasteiger partial charge in [0.1, 0.15) is 5.69 Å². The summed E-state index contributed by atoms with van der Waals surface area (Å²) in [5.41, 5.74) is 5.54. The number of aryl methyl sites for hydroxylation is 1. The molecular formula is C27H33N3O3. The van der Waals surface area contributed by atoms with Crippen LogP contribution in [-0.2, 0) is 0 Å². The van der Waals surface area contributed by atoms with Crippen molar-refractivity contribution in [2.24, 2.45) is 0 Å². The third-order valence-corrected chi connectivity index (χ3v) is 6.07. The van der Waals surface area contributed by atoms with E-state index in [1.165, 1.54) is 5.56 Å². The molecule has 0 saturated carbocycles. The van der Waals surface area contributed by atoms with Crippen molar-refractivity contribution in [3.63, 3.8) is 0 Å². The van der Waals surface area contributed by atoms with E-state index in [0.29, 0.717) is 31.2 Å². The lowest BCUT2D eigenvalue weighted by Crippen LogP contribution is -2.30. The normalized spacial score (nSPS) is 15.1. The number of carbonyl (C=O) groups excluding carboxylic acids is 1. The molecule has 1 aliphatic rings. The Kier molecular flexibility index (Phi) is 7.02. The minimum absolute atomic E-state index is 0.00353. The molecule has 1 amide bonds. The molecule has 1 unspecified atom stereocenters. The summed E-state index contributed by atoms with van der Waals surface area (Å²) in [6, 6.07) is 14.1. The zero-order chi connectivity index (χ0) is 23.4. The fourth-order valence-corrected chi connectivity index (χ4v) is 4.48. The van der Waals surface area contributed by atoms with Crippen LogP contribution in [0, 0.1) is 6.92 Å². The first kappa shape index (κ1) is 22.9. The van der Waals surface area contributed by atoms with Crippen LogP contribution in [0.2, 0.25) is 0 Å². The van der Waals surface area contributed by atoms with Gasteiger partial charge < -0.3 is 14.4 Å². The van der Waals surface area contributed by atoms with Crippen molar-refractivity contribution in [1.82, 2.24) is 15.1 Å². The lowest BCUT2D eigenvalue weighted by Gasteiger charge is -2.27. The van der Waals surface area contributed by atoms with E-state index in [2.05, 4.69) is 48.3 Å². The molecule has 1 aliphatic heterocycles. The molecule has 6 nitrogen and oxygen atoms in total. The van der Waals surface area contributed by atoms with Gasteiger partial charge in [-0.2, -0.15) is 5.10 Å². The summed E-state index contributed by atoms with van der Waals surface area (Å²) in [5.74, 6) is 1.42. The summed E-state index contributed by atoms with van der Waals surface area (Å²) in [5, 5.41) is 7.62. The van der Waals surface area contributed by atoms with Gasteiger partial charge in [-0.25, -0.2) is 0 Å². The van der Waals surface area contributed by atoms with E-state index < -0.39 is 0 Å². The third kappa shape index (κ3) is 4.47. The van der Waals surface area contributed by atoms with Crippen LogP contribution in [0.4, 0.5) is 0 Å². The van der Waals surface area contributed by atoms with Gasteiger partial charge in [0.05, 0.1) is 24.9 Å². The molecule has 1 N–H and O–H groups in total. The average Bonchev–Trinajstić information content (AvgIpc) is 3.35. The van der Waals surface area contributed by atoms with E-state index >= 15 is 0 Å². The Morgan fingerprint density at radius 3 is 2.39 bits per heavy atom. The lowest BCUT2D eigenvalue weighted by molar-refractivity contribution is 0.0740. The topological polar surface area (TPSA) is 67.5 Å². The van der Waals surface area contributed by atoms with E-state index in [1.54, 1.807) is 0 Å². The van der Waals surface area contributed by atoms with Crippen molar-refractivity contribution in [2.75, 3.05) is 19.8 Å². The Labute approximate surface area is 195 Å². The minimum Gasteiger partial charge on any atom is -0.490 e. The Morgan fingerprint density at radius 1 is 0.970 bits per heavy atom. The number of nitrogens with one attached hydrogen (secondary N) is 1. The molecule has 0 fully saturated rings. The van der Waals surface area contributed by atoms with Crippen molar-refractivity contribution in [1.29, 1.82) is 0 Å². The minimum atomic E-state index is -0.228. The van der Waals surface area contributed by atoms with Gasteiger partial charge in [-0.1, -0.05) is 55.7 Å². The smallest absolute Gasteiger partial charge is 0.273 e. The van der Waals surface area contributed by atoms with Gasteiger partial charge in [0.15, 0.2) is 11.5 Å². The summed E-state index contributed by atoms with van der Waals surface area (Å²) >= 11 is 0. The number of amides is 1. The van der Waals surface area contributed by atoms with Gasteiger partial charge in [-0.15, -0.1) is 0 Å². The molecule has 1 atom stereocenters. The van der Waals surface area contributed by atoms with Crippen LogP contribution in [0.5, 0.6) is 11.5 Å². The van der Waals surface area contributed by atoms with Gasteiger partial charge >= 0.3 is 0 Å². The predicted molar refractivity (Wildman–Crippen MR) is 130 cm³/mol. The number of fused-ring (bicyclic) bond motifs is 1. The standard InChI is InChI=1S/C27H33N3O3/c1-5-8-9-16-30-26(20-14-15-21(32-6-2)22(17-20)33-7-3)23-24(28-29-25(23)27(30)31)19-12-10-18(4)11-13-19/h10-15,17,26H,5-9,16H2,1-4H3,(H,28,29). The number of unbranched alkanes of at least 4 members (excludes halogenated alkanes) is 2. The summed E-state index contributed by atoms with van der Waals surface area (Å²) in [6.45, 7) is 9.96. The number of rotatable bonds is 10. The Hall–Kier alpha value is -3.28. The molecule has 0 aliphatic carbocycles. The van der Waals surface area contributed by atoms with Gasteiger partial charge in [0.25, 0.3) is 5.91 Å². The first-order chi connectivity index (χ1) is 16.1. The maximum atomic E-state index is 13.5. The molecule has 4 rings (SSSR count). The van der Waals surface area contributed by atoms with Crippen LogP contribution in [0.3, 0.4) is 0 Å². The second kappa shape index (κ2) is 10.1. The van der Waals surface area contributed by atoms with Crippen molar-refractivity contribution < 1.29 is 14.3 Å². The van der Waals surface area contributed by atoms with Gasteiger partial charge in [0, 0.05) is 17.7 Å². The number of hydrogen-bond donors (Lipinski definition) is 1. The van der Waals surface area contributed by atoms with E-state index in [1.807, 2.05) is 36.9 Å². The zero-order valence-corrected chi connectivity index (χ0v) is 20.0. The highest BCUT2D eigenvalue weighted by Gasteiger charge is 2.42. The Morgan fingerprint density at radius 2 is 1.70 bits per heavy atom. The van der Waals surface area contributed by atoms with Crippen LogP contribution < -0.4 is 9.47 Å². The third-order valence-electron chi connectivity index (χ3n) is 6.07. The Bertz CT molecular complexity index is 1100. The van der Waals surface area contributed by atoms with E-state index in [-0.39, 0.29) is 11.9 Å². The summed E-state index contributed by atoms with van der Waals surface area (Å²) in [4.78, 5) is 15.4. The SMILES string of the molecule is CCCCCN1C(=O)c2[nH]nc(-c3ccc(C)cc3)c2C1c1ccc(OCC)c(OCC)c1. The fourth-order valence-electron chi connectivity index (χ4n) is 4.48. The quantitative estimate of drug-likeness (QED) is 0.392. The van der Waals surface area contributed by atoms with E-state index in [0.717, 1.165) is 47.4 Å². The van der Waals surface area contributed by atoms with Crippen LogP contribution in [0.1, 0.15) is 73.3 Å². The number of benzene rings is 2. The molecule has 0 spiro atoms. The molecule has 2 aromatic carbocycles. The predicted octanol–water partition coefficient (Wildman–Crippen LogP) is 5.92. The number of nitrogens with zero attached hydrogens (tertiary/aromatic N) is 2. The number of carbonyl (C=O) groups is 1.